The van der Waals surface area contributed by atoms with E-state index in [2.05, 4.69) is 20.2 Å². The molecule has 8 nitrogen and oxygen atoms in total. The minimum Gasteiger partial charge on any atom is -0.488 e. The van der Waals surface area contributed by atoms with Crippen molar-refractivity contribution < 1.29 is 18.7 Å². The Labute approximate surface area is 214 Å². The molecule has 37 heavy (non-hydrogen) atoms. The molecule has 0 N–H and O–H groups in total. The Morgan fingerprint density at radius 2 is 1.86 bits per heavy atom. The highest BCUT2D eigenvalue weighted by Gasteiger charge is 2.21. The van der Waals surface area contributed by atoms with Gasteiger partial charge in [0.25, 0.3) is 0 Å². The maximum absolute atomic E-state index is 13.6. The summed E-state index contributed by atoms with van der Waals surface area (Å²) in [6.45, 7) is 3.88. The first-order chi connectivity index (χ1) is 18.0. The second-order valence-electron chi connectivity index (χ2n) is 9.06. The predicted octanol–water partition coefficient (Wildman–Crippen LogP) is 3.85. The zero-order chi connectivity index (χ0) is 25.6. The highest BCUT2D eigenvalue weighted by atomic mass is 19.1. The first-order valence-electron chi connectivity index (χ1n) is 12.2. The fourth-order valence-corrected chi connectivity index (χ4v) is 4.37. The number of hydrogen-bond donors (Lipinski definition) is 0. The molecule has 2 aromatic heterocycles. The van der Waals surface area contributed by atoms with Gasteiger partial charge in [0, 0.05) is 51.1 Å². The highest BCUT2D eigenvalue weighted by molar-refractivity contribution is 6.01. The molecule has 5 rings (SSSR count). The molecule has 9 heteroatoms. The maximum atomic E-state index is 13.6. The van der Waals surface area contributed by atoms with E-state index in [-0.39, 0.29) is 24.6 Å². The lowest BCUT2D eigenvalue weighted by Crippen LogP contribution is -2.35. The Balaban J connectivity index is 1.53. The van der Waals surface area contributed by atoms with Gasteiger partial charge in [-0.05, 0) is 52.6 Å². The summed E-state index contributed by atoms with van der Waals surface area (Å²) in [6, 6.07) is 11.8. The molecule has 2 aromatic carbocycles. The van der Waals surface area contributed by atoms with Crippen LogP contribution in [0.4, 0.5) is 4.39 Å². The number of ketones is 1. The largest absolute Gasteiger partial charge is 0.488 e. The molecule has 1 aliphatic rings. The second kappa shape index (κ2) is 11.4. The Bertz CT molecular complexity index is 1350. The number of morpholine rings is 1. The average Bonchev–Trinajstić information content (AvgIpc) is 3.35. The average molecular weight is 502 g/mol. The number of rotatable bonds is 9. The van der Waals surface area contributed by atoms with Crippen LogP contribution < -0.4 is 4.74 Å². The second-order valence-corrected chi connectivity index (χ2v) is 9.06. The summed E-state index contributed by atoms with van der Waals surface area (Å²) >= 11 is 0. The predicted molar refractivity (Wildman–Crippen MR) is 136 cm³/mol. The Morgan fingerprint density at radius 1 is 1.05 bits per heavy atom. The number of hydrogen-bond acceptors (Lipinski definition) is 7. The Hall–Kier alpha value is -3.95. The smallest absolute Gasteiger partial charge is 0.171 e. The molecule has 190 valence electrons. The van der Waals surface area contributed by atoms with Gasteiger partial charge in [-0.3, -0.25) is 14.4 Å². The van der Waals surface area contributed by atoms with Crippen molar-refractivity contribution in [1.29, 1.82) is 0 Å². The molecule has 0 saturated carbocycles. The molecule has 0 atom stereocenters. The number of carbonyl (C=O) groups is 1. The van der Waals surface area contributed by atoms with Gasteiger partial charge in [0.1, 0.15) is 18.2 Å². The molecule has 3 heterocycles. The molecule has 4 aromatic rings. The summed E-state index contributed by atoms with van der Waals surface area (Å²) in [6.07, 6.45) is 7.10. The van der Waals surface area contributed by atoms with Crippen LogP contribution in [0.3, 0.4) is 0 Å². The third-order valence-electron chi connectivity index (χ3n) is 6.34. The highest BCUT2D eigenvalue weighted by Crippen LogP contribution is 2.33. The number of benzene rings is 2. The first-order valence-corrected chi connectivity index (χ1v) is 12.2. The SMILES string of the molecule is Cn1cc(-c2cc(OCc3ccc(F)cc3)c(C(=O)Cc3ccnnc3)cc2CN2CCOCC2)cn1. The van der Waals surface area contributed by atoms with Gasteiger partial charge in [-0.2, -0.15) is 15.3 Å². The third-order valence-corrected chi connectivity index (χ3v) is 6.34. The molecule has 1 fully saturated rings. The quantitative estimate of drug-likeness (QED) is 0.322. The molecule has 0 radical (unpaired) electrons. The summed E-state index contributed by atoms with van der Waals surface area (Å²) in [5.41, 5.74) is 4.98. The minimum absolute atomic E-state index is 0.0805. The molecule has 1 aliphatic heterocycles. The molecule has 1 saturated heterocycles. The van der Waals surface area contributed by atoms with Gasteiger partial charge < -0.3 is 9.47 Å². The molecular formula is C28H28FN5O3. The van der Waals surface area contributed by atoms with Gasteiger partial charge in [0.15, 0.2) is 5.78 Å². The standard InChI is InChI=1S/C28H28FN5O3/c1-33-17-23(16-32-33)25-14-28(37-19-20-2-4-24(29)5-3-20)26(27(35)12-21-6-7-30-31-15-21)13-22(25)18-34-8-10-36-11-9-34/h2-7,13-17H,8-12,18-19H2,1H3. The van der Waals surface area contributed by atoms with Crippen molar-refractivity contribution in [2.75, 3.05) is 26.3 Å². The van der Waals surface area contributed by atoms with E-state index in [9.17, 15) is 9.18 Å². The van der Waals surface area contributed by atoms with Crippen LogP contribution in [-0.4, -0.2) is 57.0 Å². The normalized spacial score (nSPS) is 14.0. The zero-order valence-corrected chi connectivity index (χ0v) is 20.6. The van der Waals surface area contributed by atoms with E-state index in [4.69, 9.17) is 9.47 Å². The van der Waals surface area contributed by atoms with E-state index in [0.29, 0.717) is 31.1 Å². The van der Waals surface area contributed by atoms with Crippen LogP contribution in [-0.2, 0) is 31.4 Å². The summed E-state index contributed by atoms with van der Waals surface area (Å²) in [5.74, 6) is 0.0842. The van der Waals surface area contributed by atoms with Crippen LogP contribution in [0.25, 0.3) is 11.1 Å². The minimum atomic E-state index is -0.308. The maximum Gasteiger partial charge on any atom is 0.171 e. The van der Waals surface area contributed by atoms with Gasteiger partial charge in [-0.15, -0.1) is 0 Å². The van der Waals surface area contributed by atoms with E-state index in [1.54, 1.807) is 35.3 Å². The fourth-order valence-electron chi connectivity index (χ4n) is 4.37. The summed E-state index contributed by atoms with van der Waals surface area (Å²) < 4.78 is 26.9. The van der Waals surface area contributed by atoms with Crippen molar-refractivity contribution >= 4 is 5.78 Å². The van der Waals surface area contributed by atoms with Crippen molar-refractivity contribution in [3.63, 3.8) is 0 Å². The van der Waals surface area contributed by atoms with Crippen LogP contribution in [0.5, 0.6) is 5.75 Å². The van der Waals surface area contributed by atoms with Crippen molar-refractivity contribution in [2.24, 2.45) is 7.05 Å². The number of nitrogens with zero attached hydrogens (tertiary/aromatic N) is 5. The van der Waals surface area contributed by atoms with Crippen LogP contribution in [0.2, 0.25) is 0 Å². The number of halogens is 1. The molecule has 0 spiro atoms. The van der Waals surface area contributed by atoms with Crippen LogP contribution in [0, 0.1) is 5.82 Å². The van der Waals surface area contributed by atoms with Gasteiger partial charge >= 0.3 is 0 Å². The lowest BCUT2D eigenvalue weighted by molar-refractivity contribution is 0.0342. The topological polar surface area (TPSA) is 82.4 Å². The van der Waals surface area contributed by atoms with Crippen LogP contribution >= 0.6 is 0 Å². The molecule has 0 unspecified atom stereocenters. The number of aryl methyl sites for hydroxylation is 1. The summed E-state index contributed by atoms with van der Waals surface area (Å²) in [4.78, 5) is 15.9. The van der Waals surface area contributed by atoms with E-state index in [0.717, 1.165) is 40.9 Å². The van der Waals surface area contributed by atoms with E-state index in [1.807, 2.05) is 31.6 Å². The van der Waals surface area contributed by atoms with Gasteiger partial charge in [0.05, 0.1) is 31.2 Å². The molecule has 0 bridgehead atoms. The third kappa shape index (κ3) is 6.25. The van der Waals surface area contributed by atoms with Crippen LogP contribution in [0.1, 0.15) is 27.0 Å². The van der Waals surface area contributed by atoms with E-state index in [1.165, 1.54) is 12.1 Å². The number of Topliss-reactive ketones (excluding diaryl/α,β-unsaturated/α-hetero) is 1. The molecule has 0 amide bonds. The molecular weight excluding hydrogens is 473 g/mol. The number of ether oxygens (including phenoxy) is 2. The van der Waals surface area contributed by atoms with Crippen molar-refractivity contribution in [3.05, 3.63) is 95.3 Å². The number of carbonyl (C=O) groups excluding carboxylic acids is 1. The van der Waals surface area contributed by atoms with Gasteiger partial charge in [-0.25, -0.2) is 4.39 Å². The zero-order valence-electron chi connectivity index (χ0n) is 20.6. The van der Waals surface area contributed by atoms with Crippen LogP contribution in [0.15, 0.2) is 67.3 Å². The molecule has 0 aliphatic carbocycles. The first kappa shape index (κ1) is 24.7. The lowest BCUT2D eigenvalue weighted by atomic mass is 9.94. The van der Waals surface area contributed by atoms with Gasteiger partial charge in [-0.1, -0.05) is 12.1 Å². The Kier molecular flexibility index (Phi) is 7.62. The Morgan fingerprint density at radius 3 is 2.57 bits per heavy atom. The fraction of sp³-hybridized carbons (Fsp3) is 0.286. The van der Waals surface area contributed by atoms with Gasteiger partial charge in [0.2, 0.25) is 0 Å². The summed E-state index contributed by atoms with van der Waals surface area (Å²) in [5, 5.41) is 12.1. The van der Waals surface area contributed by atoms with Crippen molar-refractivity contribution in [3.8, 4) is 16.9 Å². The van der Waals surface area contributed by atoms with Crippen molar-refractivity contribution in [2.45, 2.75) is 19.6 Å². The number of aromatic nitrogens is 4. The summed E-state index contributed by atoms with van der Waals surface area (Å²) in [7, 11) is 1.87. The van der Waals surface area contributed by atoms with E-state index >= 15 is 0 Å². The lowest BCUT2D eigenvalue weighted by Gasteiger charge is -2.28. The van der Waals surface area contributed by atoms with E-state index < -0.39 is 0 Å². The van der Waals surface area contributed by atoms with Crippen molar-refractivity contribution in [1.82, 2.24) is 24.9 Å². The monoisotopic (exact) mass is 501 g/mol.